The first-order valence-corrected chi connectivity index (χ1v) is 9.33. The number of nitrogens with two attached hydrogens (primary N) is 1. The quantitative estimate of drug-likeness (QED) is 0.602. The maximum atomic E-state index is 12.0. The van der Waals surface area contributed by atoms with E-state index in [0.29, 0.717) is 5.56 Å². The summed E-state index contributed by atoms with van der Waals surface area (Å²) in [5.74, 6) is -2.32. The minimum absolute atomic E-state index is 0. The van der Waals surface area contributed by atoms with Gasteiger partial charge in [0.2, 0.25) is 5.91 Å². The summed E-state index contributed by atoms with van der Waals surface area (Å²) in [6.07, 6.45) is 0. The number of hydrogen-bond donors (Lipinski definition) is 2. The van der Waals surface area contributed by atoms with Crippen LogP contribution in [0.5, 0.6) is 0 Å². The van der Waals surface area contributed by atoms with Gasteiger partial charge < -0.3 is 15.8 Å². The number of sulfone groups is 1. The number of nitrogens with one attached hydrogen (secondary N) is 1. The van der Waals surface area contributed by atoms with Gasteiger partial charge in [0.05, 0.1) is 18.9 Å². The minimum Gasteiger partial charge on any atom is -0.468 e. The summed E-state index contributed by atoms with van der Waals surface area (Å²) in [4.78, 5) is 23.1. The molecule has 0 aliphatic carbocycles. The van der Waals surface area contributed by atoms with Crippen LogP contribution in [-0.2, 0) is 29.9 Å². The smallest absolute Gasteiger partial charge is 0.324 e. The monoisotopic (exact) mass is 442 g/mol. The van der Waals surface area contributed by atoms with E-state index in [2.05, 4.69) is 26.0 Å². The predicted octanol–water partition coefficient (Wildman–Crippen LogP) is 0.791. The van der Waals surface area contributed by atoms with E-state index in [9.17, 15) is 18.0 Å². The SMILES string of the molecule is COC(=O)[C@@H](N)[C@@H](C)NC(=O)CS(=O)(=O)Cc1ccc(Br)cc1.Cl. The summed E-state index contributed by atoms with van der Waals surface area (Å²) < 4.78 is 29.4. The lowest BCUT2D eigenvalue weighted by Crippen LogP contribution is -2.51. The first kappa shape index (κ1) is 22.8. The van der Waals surface area contributed by atoms with Crippen LogP contribution in [0.25, 0.3) is 0 Å². The van der Waals surface area contributed by atoms with Gasteiger partial charge in [-0.2, -0.15) is 0 Å². The highest BCUT2D eigenvalue weighted by Gasteiger charge is 2.25. The molecule has 2 atom stereocenters. The third-order valence-corrected chi connectivity index (χ3v) is 5.06. The zero-order valence-corrected chi connectivity index (χ0v) is 16.4. The molecule has 1 aromatic rings. The molecule has 0 aromatic heterocycles. The van der Waals surface area contributed by atoms with Crippen LogP contribution in [-0.4, -0.2) is 45.2 Å². The molecule has 1 amide bonds. The molecule has 3 N–H and O–H groups in total. The Hall–Kier alpha value is -1.16. The molecule has 0 unspecified atom stereocenters. The molecular formula is C14H20BrClN2O5S. The number of benzene rings is 1. The zero-order chi connectivity index (χ0) is 17.6. The van der Waals surface area contributed by atoms with Crippen molar-refractivity contribution in [2.75, 3.05) is 12.9 Å². The van der Waals surface area contributed by atoms with E-state index in [1.807, 2.05) is 0 Å². The number of halogens is 2. The number of amides is 1. The number of methoxy groups -OCH3 is 1. The van der Waals surface area contributed by atoms with Crippen molar-refractivity contribution in [3.63, 3.8) is 0 Å². The van der Waals surface area contributed by atoms with Crippen molar-refractivity contribution >= 4 is 50.1 Å². The number of carbonyl (C=O) groups excluding carboxylic acids is 2. The second kappa shape index (κ2) is 9.97. The largest absolute Gasteiger partial charge is 0.468 e. The van der Waals surface area contributed by atoms with E-state index in [0.717, 1.165) is 4.47 Å². The second-order valence-corrected chi connectivity index (χ2v) is 8.04. The fraction of sp³-hybridized carbons (Fsp3) is 0.429. The molecular weight excluding hydrogens is 424 g/mol. The fourth-order valence-corrected chi connectivity index (χ4v) is 3.36. The Kier molecular flexibility index (Phi) is 9.49. The lowest BCUT2D eigenvalue weighted by molar-refractivity contribution is -0.142. The molecule has 0 aliphatic heterocycles. The molecule has 1 aromatic carbocycles. The molecule has 1 rings (SSSR count). The highest BCUT2D eigenvalue weighted by Crippen LogP contribution is 2.13. The van der Waals surface area contributed by atoms with Crippen LogP contribution in [0.3, 0.4) is 0 Å². The third-order valence-electron chi connectivity index (χ3n) is 3.05. The van der Waals surface area contributed by atoms with Gasteiger partial charge >= 0.3 is 5.97 Å². The summed E-state index contributed by atoms with van der Waals surface area (Å²) >= 11 is 3.26. The Balaban J connectivity index is 0.00000529. The minimum atomic E-state index is -3.63. The molecule has 0 aliphatic rings. The van der Waals surface area contributed by atoms with E-state index >= 15 is 0 Å². The van der Waals surface area contributed by atoms with E-state index in [4.69, 9.17) is 5.73 Å². The maximum absolute atomic E-state index is 12.0. The lowest BCUT2D eigenvalue weighted by atomic mass is 10.1. The number of rotatable bonds is 7. The molecule has 7 nitrogen and oxygen atoms in total. The van der Waals surface area contributed by atoms with Gasteiger partial charge in [-0.25, -0.2) is 8.42 Å². The van der Waals surface area contributed by atoms with Gasteiger partial charge in [-0.3, -0.25) is 9.59 Å². The molecule has 0 bridgehead atoms. The molecule has 0 heterocycles. The van der Waals surface area contributed by atoms with Crippen LogP contribution in [0.15, 0.2) is 28.7 Å². The van der Waals surface area contributed by atoms with E-state index in [1.165, 1.54) is 14.0 Å². The highest BCUT2D eigenvalue weighted by atomic mass is 79.9. The van der Waals surface area contributed by atoms with Crippen molar-refractivity contribution < 1.29 is 22.7 Å². The van der Waals surface area contributed by atoms with Crippen molar-refractivity contribution in [1.29, 1.82) is 0 Å². The van der Waals surface area contributed by atoms with Crippen LogP contribution in [0.4, 0.5) is 0 Å². The Morgan fingerprint density at radius 1 is 1.29 bits per heavy atom. The average molecular weight is 444 g/mol. The van der Waals surface area contributed by atoms with E-state index < -0.39 is 39.6 Å². The Morgan fingerprint density at radius 3 is 2.33 bits per heavy atom. The van der Waals surface area contributed by atoms with Crippen LogP contribution in [0.2, 0.25) is 0 Å². The normalized spacial score (nSPS) is 13.3. The summed E-state index contributed by atoms with van der Waals surface area (Å²) in [6, 6.07) is 4.98. The molecule has 0 spiro atoms. The Morgan fingerprint density at radius 2 is 1.83 bits per heavy atom. The van der Waals surface area contributed by atoms with Crippen LogP contribution in [0, 0.1) is 0 Å². The standard InChI is InChI=1S/C14H19BrN2O5S.ClH/c1-9(13(16)14(19)22-2)17-12(18)8-23(20,21)7-10-3-5-11(15)6-4-10;/h3-6,9,13H,7-8,16H2,1-2H3,(H,17,18);1H/t9-,13+;/m1./s1. The maximum Gasteiger partial charge on any atom is 0.324 e. The first-order valence-electron chi connectivity index (χ1n) is 6.72. The van der Waals surface area contributed by atoms with Gasteiger partial charge in [0.15, 0.2) is 9.84 Å². The molecule has 0 saturated heterocycles. The van der Waals surface area contributed by atoms with E-state index in [-0.39, 0.29) is 18.2 Å². The third kappa shape index (κ3) is 7.61. The Labute approximate surface area is 155 Å². The number of ether oxygens (including phenoxy) is 1. The van der Waals surface area contributed by atoms with Gasteiger partial charge in [0.1, 0.15) is 11.8 Å². The average Bonchev–Trinajstić information content (AvgIpc) is 2.46. The summed E-state index contributed by atoms with van der Waals surface area (Å²) in [5, 5.41) is 2.39. The number of hydrogen-bond acceptors (Lipinski definition) is 6. The van der Waals surface area contributed by atoms with Crippen molar-refractivity contribution in [1.82, 2.24) is 5.32 Å². The molecule has 0 fully saturated rings. The summed E-state index contributed by atoms with van der Waals surface area (Å²) in [6.45, 7) is 1.50. The van der Waals surface area contributed by atoms with Gasteiger partial charge in [-0.1, -0.05) is 28.1 Å². The van der Waals surface area contributed by atoms with Crippen molar-refractivity contribution in [3.05, 3.63) is 34.3 Å². The molecule has 136 valence electrons. The number of carbonyl (C=O) groups is 2. The van der Waals surface area contributed by atoms with Gasteiger partial charge in [0.25, 0.3) is 0 Å². The summed E-state index contributed by atoms with van der Waals surface area (Å²) in [5.41, 5.74) is 6.16. The van der Waals surface area contributed by atoms with Gasteiger partial charge in [-0.05, 0) is 24.6 Å². The van der Waals surface area contributed by atoms with E-state index in [1.54, 1.807) is 24.3 Å². The predicted molar refractivity (Wildman–Crippen MR) is 96.5 cm³/mol. The topological polar surface area (TPSA) is 116 Å². The molecule has 10 heteroatoms. The van der Waals surface area contributed by atoms with Crippen LogP contribution in [0.1, 0.15) is 12.5 Å². The zero-order valence-electron chi connectivity index (χ0n) is 13.2. The Bertz CT molecular complexity index is 666. The molecule has 0 saturated carbocycles. The summed E-state index contributed by atoms with van der Waals surface area (Å²) in [7, 11) is -2.45. The molecule has 24 heavy (non-hydrogen) atoms. The highest BCUT2D eigenvalue weighted by molar-refractivity contribution is 9.10. The lowest BCUT2D eigenvalue weighted by Gasteiger charge is -2.19. The van der Waals surface area contributed by atoms with Gasteiger partial charge in [0, 0.05) is 4.47 Å². The van der Waals surface area contributed by atoms with Crippen LogP contribution < -0.4 is 11.1 Å². The van der Waals surface area contributed by atoms with Crippen molar-refractivity contribution in [3.8, 4) is 0 Å². The van der Waals surface area contributed by atoms with Crippen molar-refractivity contribution in [2.24, 2.45) is 5.73 Å². The second-order valence-electron chi connectivity index (χ2n) is 5.06. The van der Waals surface area contributed by atoms with Crippen molar-refractivity contribution in [2.45, 2.75) is 24.8 Å². The number of esters is 1. The molecule has 0 radical (unpaired) electrons. The van der Waals surface area contributed by atoms with Crippen LogP contribution >= 0.6 is 28.3 Å². The first-order chi connectivity index (χ1) is 10.6. The van der Waals surface area contributed by atoms with Gasteiger partial charge in [-0.15, -0.1) is 12.4 Å². The fourth-order valence-electron chi connectivity index (χ4n) is 1.81.